The van der Waals surface area contributed by atoms with Crippen molar-refractivity contribution < 1.29 is 13.2 Å². The first-order valence-corrected chi connectivity index (χ1v) is 10.8. The van der Waals surface area contributed by atoms with E-state index in [2.05, 4.69) is 15.1 Å². The van der Waals surface area contributed by atoms with E-state index in [0.29, 0.717) is 6.42 Å². The predicted octanol–water partition coefficient (Wildman–Crippen LogP) is 1.15. The maximum atomic E-state index is 12.4. The second-order valence-corrected chi connectivity index (χ2v) is 9.45. The third kappa shape index (κ3) is 4.65. The highest BCUT2D eigenvalue weighted by atomic mass is 35.5. The minimum atomic E-state index is -2.98. The second kappa shape index (κ2) is 7.51. The fourth-order valence-corrected chi connectivity index (χ4v) is 5.29. The topological polar surface area (TPSA) is 69.7 Å². The summed E-state index contributed by atoms with van der Waals surface area (Å²) in [6.45, 7) is 5.10. The van der Waals surface area contributed by atoms with Gasteiger partial charge in [0, 0.05) is 42.9 Å². The van der Waals surface area contributed by atoms with Crippen molar-refractivity contribution in [2.45, 2.75) is 25.4 Å². The van der Waals surface area contributed by atoms with Crippen molar-refractivity contribution >= 4 is 33.0 Å². The summed E-state index contributed by atoms with van der Waals surface area (Å²) in [4.78, 5) is 16.8. The summed E-state index contributed by atoms with van der Waals surface area (Å²) in [5, 5.41) is 3.61. The molecule has 1 aromatic rings. The highest BCUT2D eigenvalue weighted by molar-refractivity contribution is 7.91. The molecule has 3 rings (SSSR count). The van der Waals surface area contributed by atoms with E-state index >= 15 is 0 Å². The average molecular weight is 386 g/mol. The molecule has 0 spiro atoms. The summed E-state index contributed by atoms with van der Waals surface area (Å²) in [6, 6.07) is 7.29. The molecular formula is C17H24ClN3O3S. The van der Waals surface area contributed by atoms with Crippen molar-refractivity contribution in [1.82, 2.24) is 10.2 Å². The number of hydrogen-bond donors (Lipinski definition) is 1. The Bertz CT molecular complexity index is 732. The van der Waals surface area contributed by atoms with Crippen molar-refractivity contribution in [2.24, 2.45) is 0 Å². The maximum Gasteiger partial charge on any atom is 0.237 e. The highest BCUT2D eigenvalue weighted by Gasteiger charge is 2.32. The average Bonchev–Trinajstić information content (AvgIpc) is 2.93. The number of anilines is 1. The Labute approximate surface area is 154 Å². The molecule has 2 heterocycles. The molecule has 1 N–H and O–H groups in total. The molecule has 2 atom stereocenters. The normalized spacial score (nSPS) is 24.9. The molecule has 1 aromatic carbocycles. The van der Waals surface area contributed by atoms with Gasteiger partial charge in [-0.3, -0.25) is 9.69 Å². The quantitative estimate of drug-likeness (QED) is 0.842. The minimum absolute atomic E-state index is 0.0635. The lowest BCUT2D eigenvalue weighted by Gasteiger charge is -2.38. The summed E-state index contributed by atoms with van der Waals surface area (Å²) in [5.74, 6) is 0.150. The van der Waals surface area contributed by atoms with Crippen LogP contribution in [0.5, 0.6) is 0 Å². The molecule has 0 saturated carbocycles. The van der Waals surface area contributed by atoms with Gasteiger partial charge in [0.15, 0.2) is 9.84 Å². The predicted molar refractivity (Wildman–Crippen MR) is 99.9 cm³/mol. The zero-order valence-electron chi connectivity index (χ0n) is 14.3. The molecule has 0 aliphatic carbocycles. The molecule has 2 aliphatic rings. The van der Waals surface area contributed by atoms with E-state index in [4.69, 9.17) is 11.6 Å². The number of amides is 1. The summed E-state index contributed by atoms with van der Waals surface area (Å²) in [7, 11) is -2.98. The van der Waals surface area contributed by atoms with Crippen LogP contribution in [0.4, 0.5) is 5.69 Å². The van der Waals surface area contributed by atoms with E-state index in [9.17, 15) is 13.2 Å². The van der Waals surface area contributed by atoms with Crippen LogP contribution in [-0.2, 0) is 14.6 Å². The lowest BCUT2D eigenvalue weighted by molar-refractivity contribution is -0.126. The van der Waals surface area contributed by atoms with Gasteiger partial charge in [-0.2, -0.15) is 0 Å². The second-order valence-electron chi connectivity index (χ2n) is 6.79. The van der Waals surface area contributed by atoms with Crippen LogP contribution in [0.1, 0.15) is 13.3 Å². The molecule has 2 aliphatic heterocycles. The van der Waals surface area contributed by atoms with Gasteiger partial charge >= 0.3 is 0 Å². The molecular weight excluding hydrogens is 362 g/mol. The van der Waals surface area contributed by atoms with Crippen LogP contribution in [0.15, 0.2) is 24.3 Å². The molecule has 25 heavy (non-hydrogen) atoms. The van der Waals surface area contributed by atoms with Gasteiger partial charge in [0.1, 0.15) is 0 Å². The van der Waals surface area contributed by atoms with Gasteiger partial charge in [0.2, 0.25) is 5.91 Å². The van der Waals surface area contributed by atoms with Gasteiger partial charge in [-0.15, -0.1) is 0 Å². The molecule has 1 amide bonds. The fraction of sp³-hybridized carbons (Fsp3) is 0.588. The Morgan fingerprint density at radius 2 is 2.00 bits per heavy atom. The molecule has 0 radical (unpaired) electrons. The number of carbonyl (C=O) groups is 1. The number of hydrogen-bond acceptors (Lipinski definition) is 5. The number of rotatable bonds is 4. The number of sulfone groups is 1. The third-order valence-corrected chi connectivity index (χ3v) is 7.00. The maximum absolute atomic E-state index is 12.4. The van der Waals surface area contributed by atoms with Gasteiger partial charge < -0.3 is 10.2 Å². The van der Waals surface area contributed by atoms with Crippen LogP contribution < -0.4 is 10.2 Å². The highest BCUT2D eigenvalue weighted by Crippen LogP contribution is 2.21. The summed E-state index contributed by atoms with van der Waals surface area (Å²) in [5.41, 5.74) is 1.10. The van der Waals surface area contributed by atoms with E-state index in [-0.39, 0.29) is 29.5 Å². The zero-order chi connectivity index (χ0) is 18.0. The lowest BCUT2D eigenvalue weighted by Crippen LogP contribution is -2.55. The van der Waals surface area contributed by atoms with Gasteiger partial charge in [0.05, 0.1) is 17.5 Å². The molecule has 2 saturated heterocycles. The Balaban J connectivity index is 1.51. The van der Waals surface area contributed by atoms with E-state index in [1.165, 1.54) is 0 Å². The number of halogens is 1. The summed E-state index contributed by atoms with van der Waals surface area (Å²) < 4.78 is 23.0. The Hall–Kier alpha value is -1.31. The molecule has 138 valence electrons. The number of benzene rings is 1. The first-order chi connectivity index (χ1) is 11.8. The van der Waals surface area contributed by atoms with Gasteiger partial charge in [-0.25, -0.2) is 8.42 Å². The molecule has 8 heteroatoms. The van der Waals surface area contributed by atoms with E-state index in [0.717, 1.165) is 36.9 Å². The van der Waals surface area contributed by atoms with Crippen LogP contribution in [0, 0.1) is 0 Å². The Morgan fingerprint density at radius 3 is 2.60 bits per heavy atom. The molecule has 6 nitrogen and oxygen atoms in total. The van der Waals surface area contributed by atoms with Gasteiger partial charge in [0.25, 0.3) is 0 Å². The Morgan fingerprint density at radius 1 is 1.28 bits per heavy atom. The van der Waals surface area contributed by atoms with Crippen LogP contribution in [-0.4, -0.2) is 69.0 Å². The largest absolute Gasteiger partial charge is 0.369 e. The fourth-order valence-electron chi connectivity index (χ4n) is 3.44. The smallest absolute Gasteiger partial charge is 0.237 e. The van der Waals surface area contributed by atoms with Crippen LogP contribution in [0.3, 0.4) is 0 Å². The van der Waals surface area contributed by atoms with E-state index in [1.54, 1.807) is 0 Å². The van der Waals surface area contributed by atoms with Crippen molar-refractivity contribution in [3.63, 3.8) is 0 Å². The monoisotopic (exact) mass is 385 g/mol. The van der Waals surface area contributed by atoms with Gasteiger partial charge in [-0.05, 0) is 31.5 Å². The van der Waals surface area contributed by atoms with Crippen molar-refractivity contribution in [3.05, 3.63) is 29.3 Å². The number of piperazine rings is 1. The van der Waals surface area contributed by atoms with Crippen LogP contribution in [0.2, 0.25) is 5.02 Å². The molecule has 0 bridgehead atoms. The molecule has 0 unspecified atom stereocenters. The Kier molecular flexibility index (Phi) is 5.55. The SMILES string of the molecule is C[C@@H](C(=O)N[C@H]1CCS(=O)(=O)C1)N1CCN(c2cccc(Cl)c2)CC1. The van der Waals surface area contributed by atoms with Crippen molar-refractivity contribution in [2.75, 3.05) is 42.6 Å². The molecule has 2 fully saturated rings. The summed E-state index contributed by atoms with van der Waals surface area (Å²) in [6.07, 6.45) is 0.517. The molecule has 0 aromatic heterocycles. The summed E-state index contributed by atoms with van der Waals surface area (Å²) >= 11 is 6.05. The number of nitrogens with zero attached hydrogens (tertiary/aromatic N) is 2. The first-order valence-electron chi connectivity index (χ1n) is 8.59. The standard InChI is InChI=1S/C17H24ClN3O3S/c1-13(17(22)19-15-5-10-25(23,24)12-15)20-6-8-21(9-7-20)16-4-2-3-14(18)11-16/h2-4,11,13,15H,5-10,12H2,1H3,(H,19,22)/t13-,15-/m0/s1. The van der Waals surface area contributed by atoms with Crippen molar-refractivity contribution in [1.29, 1.82) is 0 Å². The first kappa shape index (κ1) is 18.5. The zero-order valence-corrected chi connectivity index (χ0v) is 15.9. The van der Waals surface area contributed by atoms with E-state index < -0.39 is 9.84 Å². The minimum Gasteiger partial charge on any atom is -0.369 e. The lowest BCUT2D eigenvalue weighted by atomic mass is 10.1. The third-order valence-electron chi connectivity index (χ3n) is 4.99. The van der Waals surface area contributed by atoms with Crippen molar-refractivity contribution in [3.8, 4) is 0 Å². The van der Waals surface area contributed by atoms with Crippen LogP contribution >= 0.6 is 11.6 Å². The number of carbonyl (C=O) groups excluding carboxylic acids is 1. The van der Waals surface area contributed by atoms with Crippen LogP contribution in [0.25, 0.3) is 0 Å². The van der Waals surface area contributed by atoms with E-state index in [1.807, 2.05) is 31.2 Å². The number of nitrogens with one attached hydrogen (secondary N) is 1. The van der Waals surface area contributed by atoms with Gasteiger partial charge in [-0.1, -0.05) is 17.7 Å².